The summed E-state index contributed by atoms with van der Waals surface area (Å²) < 4.78 is 290. The van der Waals surface area contributed by atoms with E-state index < -0.39 is 124 Å². The highest BCUT2D eigenvalue weighted by molar-refractivity contribution is 7.90. The molecule has 0 aliphatic rings. The van der Waals surface area contributed by atoms with Gasteiger partial charge in [-0.05, 0) is 6.42 Å². The van der Waals surface area contributed by atoms with E-state index in [-0.39, 0.29) is 13.0 Å². The van der Waals surface area contributed by atoms with Crippen molar-refractivity contribution in [3.63, 3.8) is 0 Å². The van der Waals surface area contributed by atoms with Crippen molar-refractivity contribution in [1.29, 1.82) is 0 Å². The molecule has 0 heterocycles. The van der Waals surface area contributed by atoms with Gasteiger partial charge in [-0.2, -0.15) is 78.6 Å². The topological polar surface area (TPSA) is 149 Å². The standard InChI is InChI=1S/C18H25F15N2O8S3/c1-35(2,9-5-11-45(39,40)41)8-3-6-34(7-4-10-44(36,37)38)46(42,43)18(32,33)16(27,28)14(23,24)12(19,20)13(21,22)15(25,26)17(29,30)31/h3-11H2,1-2H3,(H-,36,37,38,39,40,41). The Bertz CT molecular complexity index is 1380. The molecular formula is C18H25F15N2O8S3. The Hall–Kier alpha value is -1.36. The van der Waals surface area contributed by atoms with E-state index in [1.165, 1.54) is 14.1 Å². The highest BCUT2D eigenvalue weighted by Gasteiger charge is 2.94. The summed E-state index contributed by atoms with van der Waals surface area (Å²) in [6.07, 6.45) is -10.4. The third-order valence-corrected chi connectivity index (χ3v) is 9.64. The molecule has 1 N–H and O–H groups in total. The van der Waals surface area contributed by atoms with E-state index in [9.17, 15) is 95.7 Å². The first-order valence-electron chi connectivity index (χ1n) is 11.8. The lowest BCUT2D eigenvalue weighted by molar-refractivity contribution is -0.890. The lowest BCUT2D eigenvalue weighted by Gasteiger charge is -2.41. The summed E-state index contributed by atoms with van der Waals surface area (Å²) in [5.74, 6) is -45.2. The van der Waals surface area contributed by atoms with Crippen LogP contribution in [0.4, 0.5) is 65.9 Å². The van der Waals surface area contributed by atoms with Gasteiger partial charge in [0.2, 0.25) is 0 Å². The summed E-state index contributed by atoms with van der Waals surface area (Å²) in [4.78, 5) is 0. The Labute approximate surface area is 251 Å². The Balaban J connectivity index is 6.70. The fourth-order valence-corrected chi connectivity index (χ4v) is 6.00. The summed E-state index contributed by atoms with van der Waals surface area (Å²) >= 11 is 0. The van der Waals surface area contributed by atoms with E-state index >= 15 is 0 Å². The summed E-state index contributed by atoms with van der Waals surface area (Å²) in [6.45, 7) is -3.98. The van der Waals surface area contributed by atoms with Crippen LogP contribution in [0.1, 0.15) is 19.3 Å². The van der Waals surface area contributed by atoms with Gasteiger partial charge in [0, 0.05) is 31.7 Å². The largest absolute Gasteiger partial charge is 0.748 e. The minimum absolute atomic E-state index is 0.233. The van der Waals surface area contributed by atoms with Gasteiger partial charge in [-0.15, -0.1) is 0 Å². The van der Waals surface area contributed by atoms with Gasteiger partial charge in [0.15, 0.2) is 0 Å². The van der Waals surface area contributed by atoms with Gasteiger partial charge in [-0.25, -0.2) is 16.8 Å². The third kappa shape index (κ3) is 9.20. The van der Waals surface area contributed by atoms with Crippen molar-refractivity contribution >= 4 is 30.3 Å². The molecule has 0 spiro atoms. The molecule has 0 rings (SSSR count). The van der Waals surface area contributed by atoms with Gasteiger partial charge < -0.3 is 9.04 Å². The highest BCUT2D eigenvalue weighted by Crippen LogP contribution is 2.63. The molecule has 0 saturated heterocycles. The Morgan fingerprint density at radius 3 is 1.35 bits per heavy atom. The van der Waals surface area contributed by atoms with Crippen molar-refractivity contribution in [2.45, 2.75) is 60.3 Å². The van der Waals surface area contributed by atoms with Crippen LogP contribution in [-0.4, -0.2) is 136 Å². The zero-order chi connectivity index (χ0) is 37.4. The molecule has 0 aromatic carbocycles. The number of hydrogen-bond donors (Lipinski definition) is 1. The predicted octanol–water partition coefficient (Wildman–Crippen LogP) is 3.63. The summed E-state index contributed by atoms with van der Waals surface area (Å²) in [5, 5.41) is -7.72. The van der Waals surface area contributed by atoms with Crippen LogP contribution >= 0.6 is 0 Å². The van der Waals surface area contributed by atoms with Crippen molar-refractivity contribution in [3.05, 3.63) is 0 Å². The second-order valence-corrected chi connectivity index (χ2v) is 15.4. The quantitative estimate of drug-likeness (QED) is 0.119. The van der Waals surface area contributed by atoms with Gasteiger partial charge in [-0.3, -0.25) is 4.55 Å². The lowest BCUT2D eigenvalue weighted by atomic mass is 9.94. The molecule has 0 aromatic heterocycles. The smallest absolute Gasteiger partial charge is 0.460 e. The van der Waals surface area contributed by atoms with E-state index in [4.69, 9.17) is 4.55 Å². The van der Waals surface area contributed by atoms with Crippen LogP contribution in [0.5, 0.6) is 0 Å². The number of quaternary nitrogens is 1. The van der Waals surface area contributed by atoms with Crippen molar-refractivity contribution in [1.82, 2.24) is 4.31 Å². The highest BCUT2D eigenvalue weighted by atomic mass is 32.2. The molecule has 0 saturated carbocycles. The Kier molecular flexibility index (Phi) is 13.1. The molecule has 0 aliphatic heterocycles. The van der Waals surface area contributed by atoms with Crippen molar-refractivity contribution in [2.75, 3.05) is 51.8 Å². The molecule has 0 radical (unpaired) electrons. The minimum atomic E-state index is -8.74. The van der Waals surface area contributed by atoms with Crippen LogP contribution in [-0.2, 0) is 30.3 Å². The number of hydrogen-bond acceptors (Lipinski definition) is 7. The SMILES string of the molecule is C[N+](C)(CCCN(CCCS(=O)(=O)O)S(=O)(=O)C(F)(F)C(F)(F)C(F)(F)C(F)(F)C(F)(F)C(F)(F)C(F)(F)F)CCCS(=O)(=O)[O-]. The van der Waals surface area contributed by atoms with E-state index in [0.29, 0.717) is 0 Å². The number of sulfonamides is 1. The molecule has 0 bridgehead atoms. The predicted molar refractivity (Wildman–Crippen MR) is 123 cm³/mol. The van der Waals surface area contributed by atoms with Gasteiger partial charge >= 0.3 is 41.0 Å². The summed E-state index contributed by atoms with van der Waals surface area (Å²) in [7, 11) is -14.9. The van der Waals surface area contributed by atoms with Gasteiger partial charge in [-0.1, -0.05) is 0 Å². The summed E-state index contributed by atoms with van der Waals surface area (Å²) in [6, 6.07) is 0. The zero-order valence-electron chi connectivity index (χ0n) is 23.0. The Morgan fingerprint density at radius 1 is 0.587 bits per heavy atom. The number of halogens is 15. The maximum atomic E-state index is 14.7. The maximum Gasteiger partial charge on any atom is 0.460 e. The second kappa shape index (κ2) is 13.5. The molecule has 0 amide bonds. The normalized spacial score (nSPS) is 15.9. The molecule has 46 heavy (non-hydrogen) atoms. The zero-order valence-corrected chi connectivity index (χ0v) is 25.4. The van der Waals surface area contributed by atoms with E-state index in [1.54, 1.807) is 0 Å². The molecule has 0 fully saturated rings. The Morgan fingerprint density at radius 2 is 0.957 bits per heavy atom. The number of alkyl halides is 15. The number of nitrogens with zero attached hydrogens (tertiary/aromatic N) is 2. The third-order valence-electron chi connectivity index (χ3n) is 6.10. The average Bonchev–Trinajstić information content (AvgIpc) is 2.79. The molecule has 0 atom stereocenters. The van der Waals surface area contributed by atoms with Crippen molar-refractivity contribution < 1.29 is 105 Å². The van der Waals surface area contributed by atoms with Crippen LogP contribution in [0.2, 0.25) is 0 Å². The fraction of sp³-hybridized carbons (Fsp3) is 1.00. The molecule has 278 valence electrons. The van der Waals surface area contributed by atoms with Gasteiger partial charge in [0.1, 0.15) is 0 Å². The van der Waals surface area contributed by atoms with Gasteiger partial charge in [0.25, 0.3) is 20.1 Å². The summed E-state index contributed by atoms with van der Waals surface area (Å²) in [5.41, 5.74) is 0. The molecule has 0 aliphatic carbocycles. The van der Waals surface area contributed by atoms with Crippen LogP contribution in [0.25, 0.3) is 0 Å². The maximum absolute atomic E-state index is 14.7. The second-order valence-electron chi connectivity index (χ2n) is 10.3. The molecule has 10 nitrogen and oxygen atoms in total. The molecule has 0 aromatic rings. The minimum Gasteiger partial charge on any atom is -0.748 e. The molecule has 0 unspecified atom stereocenters. The monoisotopic (exact) mass is 778 g/mol. The van der Waals surface area contributed by atoms with Crippen LogP contribution in [0, 0.1) is 0 Å². The fourth-order valence-electron chi connectivity index (χ4n) is 3.51. The number of rotatable bonds is 19. The molecule has 28 heteroatoms. The average molecular weight is 779 g/mol. The first kappa shape index (κ1) is 44.6. The van der Waals surface area contributed by atoms with E-state index in [0.717, 1.165) is 0 Å². The first-order valence-corrected chi connectivity index (χ1v) is 16.4. The lowest BCUT2D eigenvalue weighted by Crippen LogP contribution is -2.73. The van der Waals surface area contributed by atoms with Crippen molar-refractivity contribution in [3.8, 4) is 0 Å². The van der Waals surface area contributed by atoms with Crippen molar-refractivity contribution in [2.24, 2.45) is 0 Å². The van der Waals surface area contributed by atoms with Crippen LogP contribution in [0.15, 0.2) is 0 Å². The van der Waals surface area contributed by atoms with Crippen LogP contribution < -0.4 is 0 Å². The first-order chi connectivity index (χ1) is 19.8. The van der Waals surface area contributed by atoms with Gasteiger partial charge in [0.05, 0.1) is 43.1 Å². The van der Waals surface area contributed by atoms with Crippen LogP contribution in [0.3, 0.4) is 0 Å². The van der Waals surface area contributed by atoms with E-state index in [2.05, 4.69) is 0 Å². The molecular weight excluding hydrogens is 753 g/mol. The van der Waals surface area contributed by atoms with E-state index in [1.807, 2.05) is 0 Å².